The Bertz CT molecular complexity index is 1530. The third kappa shape index (κ3) is 4.67. The number of benzene rings is 3. The smallest absolute Gasteiger partial charge is 0.337 e. The maximum atomic E-state index is 12.3. The van der Waals surface area contributed by atoms with Crippen LogP contribution in [0.25, 0.3) is 32.0 Å². The van der Waals surface area contributed by atoms with E-state index in [1.54, 1.807) is 23.5 Å². The van der Waals surface area contributed by atoms with Gasteiger partial charge in [-0.3, -0.25) is 0 Å². The van der Waals surface area contributed by atoms with Gasteiger partial charge in [0.15, 0.2) is 5.82 Å². The van der Waals surface area contributed by atoms with E-state index in [0.717, 1.165) is 26.2 Å². The minimum Gasteiger partial charge on any atom is -0.465 e. The lowest BCUT2D eigenvalue weighted by Crippen LogP contribution is -2.08. The molecule has 0 amide bonds. The molecule has 0 unspecified atom stereocenters. The third-order valence-electron chi connectivity index (χ3n) is 5.52. The van der Waals surface area contributed by atoms with Gasteiger partial charge in [-0.2, -0.15) is 0 Å². The molecule has 0 fully saturated rings. The predicted molar refractivity (Wildman–Crippen MR) is 141 cm³/mol. The molecule has 5 aromatic rings. The van der Waals surface area contributed by atoms with Crippen LogP contribution in [0.2, 0.25) is 0 Å². The summed E-state index contributed by atoms with van der Waals surface area (Å²) in [6.07, 6.45) is 0. The molecule has 7 nitrogen and oxygen atoms in total. The van der Waals surface area contributed by atoms with Crippen molar-refractivity contribution in [3.8, 4) is 21.8 Å². The molecule has 0 aliphatic carbocycles. The molecule has 1 N–H and O–H groups in total. The highest BCUT2D eigenvalue weighted by Crippen LogP contribution is 2.37. The Labute approximate surface area is 211 Å². The first kappa shape index (κ1) is 23.2. The average molecular weight is 496 g/mol. The van der Waals surface area contributed by atoms with Gasteiger partial charge in [0.2, 0.25) is 0 Å². The van der Waals surface area contributed by atoms with Crippen LogP contribution in [-0.2, 0) is 9.47 Å². The van der Waals surface area contributed by atoms with Crippen molar-refractivity contribution in [2.24, 2.45) is 0 Å². The van der Waals surface area contributed by atoms with E-state index in [1.165, 1.54) is 20.3 Å². The van der Waals surface area contributed by atoms with Gasteiger partial charge in [0.05, 0.1) is 30.7 Å². The van der Waals surface area contributed by atoms with Crippen LogP contribution in [0, 0.1) is 0 Å². The van der Waals surface area contributed by atoms with Gasteiger partial charge in [-0.15, -0.1) is 11.3 Å². The molecule has 0 aliphatic heterocycles. The summed E-state index contributed by atoms with van der Waals surface area (Å²) < 4.78 is 9.73. The van der Waals surface area contributed by atoms with Crippen LogP contribution < -0.4 is 5.32 Å². The molecule has 0 saturated carbocycles. The number of methoxy groups -OCH3 is 2. The summed E-state index contributed by atoms with van der Waals surface area (Å²) in [5, 5.41) is 4.12. The van der Waals surface area contributed by atoms with Crippen molar-refractivity contribution in [2.45, 2.75) is 0 Å². The normalized spacial score (nSPS) is 10.7. The van der Waals surface area contributed by atoms with Crippen LogP contribution in [0.15, 0.2) is 84.9 Å². The molecule has 0 saturated heterocycles. The number of nitrogens with zero attached hydrogens (tertiary/aromatic N) is 2. The van der Waals surface area contributed by atoms with E-state index in [9.17, 15) is 9.59 Å². The number of nitrogens with one attached hydrogen (secondary N) is 1. The number of thiophene rings is 1. The highest BCUT2D eigenvalue weighted by molar-refractivity contribution is 7.22. The van der Waals surface area contributed by atoms with Crippen LogP contribution in [0.4, 0.5) is 11.5 Å². The van der Waals surface area contributed by atoms with E-state index in [1.807, 2.05) is 66.7 Å². The minimum atomic E-state index is -0.566. The molecule has 2 aromatic heterocycles. The third-order valence-corrected chi connectivity index (χ3v) is 6.60. The molecule has 0 spiro atoms. The molecular formula is C28H21N3O4S. The number of anilines is 2. The maximum Gasteiger partial charge on any atom is 0.337 e. The van der Waals surface area contributed by atoms with Gasteiger partial charge in [-0.05, 0) is 29.8 Å². The fraction of sp³-hybridized carbons (Fsp3) is 0.0714. The van der Waals surface area contributed by atoms with Crippen molar-refractivity contribution in [2.75, 3.05) is 19.5 Å². The highest BCUT2D eigenvalue weighted by Gasteiger charge is 2.17. The van der Waals surface area contributed by atoms with Crippen molar-refractivity contribution in [3.05, 3.63) is 96.1 Å². The summed E-state index contributed by atoms with van der Waals surface area (Å²) in [7, 11) is 2.58. The number of carbonyl (C=O) groups excluding carboxylic acids is 2. The van der Waals surface area contributed by atoms with Crippen molar-refractivity contribution < 1.29 is 19.1 Å². The van der Waals surface area contributed by atoms with Gasteiger partial charge in [0.25, 0.3) is 0 Å². The van der Waals surface area contributed by atoms with E-state index in [2.05, 4.69) is 5.32 Å². The molecule has 0 radical (unpaired) electrons. The van der Waals surface area contributed by atoms with Gasteiger partial charge in [-0.1, -0.05) is 60.7 Å². The molecule has 5 rings (SSSR count). The van der Waals surface area contributed by atoms with Crippen molar-refractivity contribution in [3.63, 3.8) is 0 Å². The summed E-state index contributed by atoms with van der Waals surface area (Å²) in [6.45, 7) is 0. The Morgan fingerprint density at radius 3 is 1.92 bits per heavy atom. The number of aromatic nitrogens is 2. The van der Waals surface area contributed by atoms with Gasteiger partial charge in [0.1, 0.15) is 10.6 Å². The summed E-state index contributed by atoms with van der Waals surface area (Å²) in [4.78, 5) is 36.0. The fourth-order valence-corrected chi connectivity index (χ4v) is 4.82. The lowest BCUT2D eigenvalue weighted by atomic mass is 10.1. The summed E-state index contributed by atoms with van der Waals surface area (Å²) in [6, 6.07) is 26.5. The Kier molecular flexibility index (Phi) is 6.42. The van der Waals surface area contributed by atoms with Crippen molar-refractivity contribution in [1.29, 1.82) is 0 Å². The van der Waals surface area contributed by atoms with E-state index >= 15 is 0 Å². The summed E-state index contributed by atoms with van der Waals surface area (Å²) >= 11 is 1.57. The fourth-order valence-electron chi connectivity index (χ4n) is 3.79. The Morgan fingerprint density at radius 2 is 1.33 bits per heavy atom. The van der Waals surface area contributed by atoms with E-state index in [-0.39, 0.29) is 11.1 Å². The minimum absolute atomic E-state index is 0.215. The van der Waals surface area contributed by atoms with E-state index in [4.69, 9.17) is 19.4 Å². The standard InChI is InChI=1S/C28H21N3O4S/c1-34-27(32)19-13-20(28(33)35-2)15-21(14-19)29-25-22-16-23(17-9-5-3-6-10-17)36-26(22)31-24(30-25)18-11-7-4-8-12-18/h3-16H,1-2H3,(H,29,30,31). The number of hydrogen-bond acceptors (Lipinski definition) is 8. The molecule has 0 bridgehead atoms. The Morgan fingerprint density at radius 1 is 0.750 bits per heavy atom. The van der Waals surface area contributed by atoms with Crippen molar-refractivity contribution >= 4 is 45.0 Å². The quantitative estimate of drug-likeness (QED) is 0.275. The van der Waals surface area contributed by atoms with Gasteiger partial charge in [-0.25, -0.2) is 19.6 Å². The number of esters is 2. The SMILES string of the molecule is COC(=O)c1cc(Nc2nc(-c3ccccc3)nc3sc(-c4ccccc4)cc23)cc(C(=O)OC)c1. The van der Waals surface area contributed by atoms with Gasteiger partial charge >= 0.3 is 11.9 Å². The average Bonchev–Trinajstić information content (AvgIpc) is 3.37. The Balaban J connectivity index is 1.67. The monoisotopic (exact) mass is 495 g/mol. The van der Waals surface area contributed by atoms with Gasteiger partial charge < -0.3 is 14.8 Å². The van der Waals surface area contributed by atoms with E-state index in [0.29, 0.717) is 17.3 Å². The first-order chi connectivity index (χ1) is 17.6. The second kappa shape index (κ2) is 9.97. The number of carbonyl (C=O) groups is 2. The molecule has 3 aromatic carbocycles. The first-order valence-electron chi connectivity index (χ1n) is 11.1. The first-order valence-corrected chi connectivity index (χ1v) is 11.9. The zero-order valence-corrected chi connectivity index (χ0v) is 20.3. The molecular weight excluding hydrogens is 474 g/mol. The van der Waals surface area contributed by atoms with E-state index < -0.39 is 11.9 Å². The molecule has 2 heterocycles. The zero-order valence-electron chi connectivity index (χ0n) is 19.5. The topological polar surface area (TPSA) is 90.4 Å². The summed E-state index contributed by atoms with van der Waals surface area (Å²) in [5.41, 5.74) is 2.87. The van der Waals surface area contributed by atoms with Crippen LogP contribution in [0.5, 0.6) is 0 Å². The zero-order chi connectivity index (χ0) is 25.1. The molecule has 36 heavy (non-hydrogen) atoms. The second-order valence-corrected chi connectivity index (χ2v) is 8.90. The van der Waals surface area contributed by atoms with Crippen LogP contribution in [-0.4, -0.2) is 36.1 Å². The van der Waals surface area contributed by atoms with Crippen LogP contribution >= 0.6 is 11.3 Å². The van der Waals surface area contributed by atoms with Crippen molar-refractivity contribution in [1.82, 2.24) is 9.97 Å². The number of ether oxygens (including phenoxy) is 2. The largest absolute Gasteiger partial charge is 0.465 e. The molecule has 0 atom stereocenters. The van der Waals surface area contributed by atoms with Crippen LogP contribution in [0.1, 0.15) is 20.7 Å². The van der Waals surface area contributed by atoms with Gasteiger partial charge in [0, 0.05) is 16.1 Å². The number of rotatable bonds is 6. The lowest BCUT2D eigenvalue weighted by molar-refractivity contribution is 0.0599. The molecule has 8 heteroatoms. The number of fused-ring (bicyclic) bond motifs is 1. The number of hydrogen-bond donors (Lipinski definition) is 1. The Hall–Kier alpha value is -4.56. The predicted octanol–water partition coefficient (Wildman–Crippen LogP) is 6.34. The highest BCUT2D eigenvalue weighted by atomic mass is 32.1. The molecule has 0 aliphatic rings. The summed E-state index contributed by atoms with van der Waals surface area (Å²) in [5.74, 6) is -0.0218. The second-order valence-electron chi connectivity index (χ2n) is 7.86. The molecule has 178 valence electrons. The lowest BCUT2D eigenvalue weighted by Gasteiger charge is -2.12. The van der Waals surface area contributed by atoms with Crippen LogP contribution in [0.3, 0.4) is 0 Å². The maximum absolute atomic E-state index is 12.3.